The molecule has 100 valence electrons. The van der Waals surface area contributed by atoms with Gasteiger partial charge in [-0.3, -0.25) is 4.90 Å². The van der Waals surface area contributed by atoms with Crippen LogP contribution in [0, 0.1) is 0 Å². The van der Waals surface area contributed by atoms with E-state index in [1.165, 1.54) is 0 Å². The Morgan fingerprint density at radius 1 is 1.61 bits per heavy atom. The highest BCUT2D eigenvalue weighted by Crippen LogP contribution is 2.25. The second kappa shape index (κ2) is 6.62. The predicted molar refractivity (Wildman–Crippen MR) is 82.6 cm³/mol. The summed E-state index contributed by atoms with van der Waals surface area (Å²) < 4.78 is 0.969. The first-order chi connectivity index (χ1) is 8.58. The van der Waals surface area contributed by atoms with Crippen LogP contribution in [0.1, 0.15) is 5.56 Å². The van der Waals surface area contributed by atoms with Crippen molar-refractivity contribution in [3.8, 4) is 0 Å². The summed E-state index contributed by atoms with van der Waals surface area (Å²) in [5.41, 5.74) is 1.01. The molecule has 2 rings (SSSR count). The Balaban J connectivity index is 2.03. The van der Waals surface area contributed by atoms with Gasteiger partial charge in [-0.1, -0.05) is 33.6 Å². The zero-order chi connectivity index (χ0) is 13.1. The Bertz CT molecular complexity index is 418. The van der Waals surface area contributed by atoms with Crippen LogP contribution < -0.4 is 0 Å². The summed E-state index contributed by atoms with van der Waals surface area (Å²) in [5.74, 6) is 2.14. The largest absolute Gasteiger partial charge is 0.391 e. The Hall–Kier alpha value is 0.260. The zero-order valence-corrected chi connectivity index (χ0v) is 13.4. The maximum atomic E-state index is 10.4. The summed E-state index contributed by atoms with van der Waals surface area (Å²) in [5, 5.41) is 11.1. The minimum atomic E-state index is -0.360. The van der Waals surface area contributed by atoms with Gasteiger partial charge < -0.3 is 5.11 Å². The van der Waals surface area contributed by atoms with Crippen molar-refractivity contribution in [2.75, 3.05) is 25.1 Å². The molecule has 0 amide bonds. The average Bonchev–Trinajstić information content (AvgIpc) is 2.33. The number of hydrogen-bond acceptors (Lipinski definition) is 3. The highest BCUT2D eigenvalue weighted by atomic mass is 79.9. The van der Waals surface area contributed by atoms with Crippen molar-refractivity contribution in [3.05, 3.63) is 33.3 Å². The lowest BCUT2D eigenvalue weighted by molar-refractivity contribution is 0.0763. The number of aliphatic hydroxyl groups is 1. The number of aliphatic hydroxyl groups excluding tert-OH is 1. The lowest BCUT2D eigenvalue weighted by atomic mass is 10.0. The number of halogens is 2. The van der Waals surface area contributed by atoms with Gasteiger partial charge in [-0.15, -0.1) is 0 Å². The normalized spacial score (nSPS) is 23.0. The van der Waals surface area contributed by atoms with Crippen LogP contribution in [0.4, 0.5) is 0 Å². The molecule has 1 heterocycles. The van der Waals surface area contributed by atoms with Gasteiger partial charge in [0.2, 0.25) is 0 Å². The fraction of sp³-hybridized carbons (Fsp3) is 0.538. The van der Waals surface area contributed by atoms with E-state index in [1.807, 2.05) is 30.0 Å². The highest BCUT2D eigenvalue weighted by Gasteiger charge is 2.26. The number of thioether (sulfide) groups is 1. The number of benzene rings is 1. The van der Waals surface area contributed by atoms with E-state index in [9.17, 15) is 5.11 Å². The van der Waals surface area contributed by atoms with E-state index in [1.54, 1.807) is 0 Å². The Labute approximate surface area is 126 Å². The molecule has 5 heteroatoms. The number of nitrogens with zero attached hydrogens (tertiary/aromatic N) is 1. The molecule has 0 aromatic heterocycles. The fourth-order valence-electron chi connectivity index (χ4n) is 2.16. The minimum Gasteiger partial charge on any atom is -0.391 e. The molecule has 1 aliphatic rings. The number of rotatable bonds is 3. The molecule has 0 bridgehead atoms. The van der Waals surface area contributed by atoms with Crippen LogP contribution in [0.2, 0.25) is 5.02 Å². The molecule has 1 N–H and O–H groups in total. The van der Waals surface area contributed by atoms with E-state index >= 15 is 0 Å². The lowest BCUT2D eigenvalue weighted by Gasteiger charge is -2.35. The van der Waals surface area contributed by atoms with E-state index < -0.39 is 0 Å². The first kappa shape index (κ1) is 14.7. The van der Waals surface area contributed by atoms with Crippen LogP contribution in [0.15, 0.2) is 22.7 Å². The number of likely N-dealkylation sites (N-methyl/N-ethyl adjacent to an activating group) is 1. The lowest BCUT2D eigenvalue weighted by Crippen LogP contribution is -2.47. The maximum absolute atomic E-state index is 10.4. The molecule has 2 atom stereocenters. The van der Waals surface area contributed by atoms with Crippen LogP contribution in [-0.4, -0.2) is 47.3 Å². The standard InChI is InChI=1S/C13H17BrClNOS/c1-16-4-5-18-8-12(16)13(17)6-9-2-3-10(14)7-11(9)15/h2-3,7,12-13,17H,4-6,8H2,1H3. The summed E-state index contributed by atoms with van der Waals surface area (Å²) >= 11 is 11.5. The highest BCUT2D eigenvalue weighted by molar-refractivity contribution is 9.10. The van der Waals surface area contributed by atoms with E-state index in [0.29, 0.717) is 6.42 Å². The van der Waals surface area contributed by atoms with Gasteiger partial charge in [0.15, 0.2) is 0 Å². The predicted octanol–water partition coefficient (Wildman–Crippen LogP) is 3.05. The molecule has 2 unspecified atom stereocenters. The van der Waals surface area contributed by atoms with E-state index in [-0.39, 0.29) is 12.1 Å². The summed E-state index contributed by atoms with van der Waals surface area (Å²) in [7, 11) is 2.08. The smallest absolute Gasteiger partial charge is 0.0744 e. The summed E-state index contributed by atoms with van der Waals surface area (Å²) in [4.78, 5) is 2.24. The Morgan fingerprint density at radius 3 is 3.06 bits per heavy atom. The van der Waals surface area contributed by atoms with Crippen LogP contribution in [0.25, 0.3) is 0 Å². The van der Waals surface area contributed by atoms with Crippen molar-refractivity contribution in [1.29, 1.82) is 0 Å². The zero-order valence-electron chi connectivity index (χ0n) is 10.3. The molecular weight excluding hydrogens is 334 g/mol. The second-order valence-corrected chi connectivity index (χ2v) is 7.10. The van der Waals surface area contributed by atoms with Crippen molar-refractivity contribution in [1.82, 2.24) is 4.90 Å². The molecule has 0 saturated carbocycles. The molecule has 0 radical (unpaired) electrons. The molecule has 18 heavy (non-hydrogen) atoms. The molecular formula is C13H17BrClNOS. The van der Waals surface area contributed by atoms with Gasteiger partial charge in [0, 0.05) is 40.0 Å². The second-order valence-electron chi connectivity index (χ2n) is 4.63. The quantitative estimate of drug-likeness (QED) is 0.906. The Kier molecular flexibility index (Phi) is 5.39. The van der Waals surface area contributed by atoms with Crippen LogP contribution >= 0.6 is 39.3 Å². The molecule has 0 spiro atoms. The maximum Gasteiger partial charge on any atom is 0.0744 e. The summed E-state index contributed by atoms with van der Waals surface area (Å²) in [6.45, 7) is 1.04. The van der Waals surface area contributed by atoms with Gasteiger partial charge in [-0.05, 0) is 24.7 Å². The molecule has 1 aromatic carbocycles. The summed E-state index contributed by atoms with van der Waals surface area (Å²) in [6, 6.07) is 6.05. The molecule has 1 fully saturated rings. The molecule has 1 aromatic rings. The van der Waals surface area contributed by atoms with Crippen molar-refractivity contribution < 1.29 is 5.11 Å². The van der Waals surface area contributed by atoms with Crippen LogP contribution in [-0.2, 0) is 6.42 Å². The van der Waals surface area contributed by atoms with Gasteiger partial charge in [-0.25, -0.2) is 0 Å². The van der Waals surface area contributed by atoms with E-state index in [2.05, 4.69) is 27.9 Å². The third kappa shape index (κ3) is 3.64. The van der Waals surface area contributed by atoms with E-state index in [4.69, 9.17) is 11.6 Å². The third-order valence-electron chi connectivity index (χ3n) is 3.33. The van der Waals surface area contributed by atoms with Crippen molar-refractivity contribution >= 4 is 39.3 Å². The monoisotopic (exact) mass is 349 g/mol. The van der Waals surface area contributed by atoms with Gasteiger partial charge in [-0.2, -0.15) is 11.8 Å². The topological polar surface area (TPSA) is 23.5 Å². The Morgan fingerprint density at radius 2 is 2.39 bits per heavy atom. The third-order valence-corrected chi connectivity index (χ3v) is 5.22. The summed E-state index contributed by atoms with van der Waals surface area (Å²) in [6.07, 6.45) is 0.253. The average molecular weight is 351 g/mol. The minimum absolute atomic E-state index is 0.225. The molecule has 1 aliphatic heterocycles. The fourth-order valence-corrected chi connectivity index (χ4v) is 4.21. The van der Waals surface area contributed by atoms with Crippen LogP contribution in [0.3, 0.4) is 0 Å². The van der Waals surface area contributed by atoms with Crippen molar-refractivity contribution in [2.45, 2.75) is 18.6 Å². The van der Waals surface area contributed by atoms with Gasteiger partial charge >= 0.3 is 0 Å². The SMILES string of the molecule is CN1CCSCC1C(O)Cc1ccc(Br)cc1Cl. The van der Waals surface area contributed by atoms with Crippen molar-refractivity contribution in [3.63, 3.8) is 0 Å². The first-order valence-electron chi connectivity index (χ1n) is 5.98. The first-order valence-corrected chi connectivity index (χ1v) is 8.30. The van der Waals surface area contributed by atoms with Gasteiger partial charge in [0.1, 0.15) is 0 Å². The number of hydrogen-bond donors (Lipinski definition) is 1. The van der Waals surface area contributed by atoms with Crippen LogP contribution in [0.5, 0.6) is 0 Å². The van der Waals surface area contributed by atoms with Gasteiger partial charge in [0.25, 0.3) is 0 Å². The van der Waals surface area contributed by atoms with E-state index in [0.717, 1.165) is 33.1 Å². The molecule has 2 nitrogen and oxygen atoms in total. The van der Waals surface area contributed by atoms with Gasteiger partial charge in [0.05, 0.1) is 6.10 Å². The molecule has 0 aliphatic carbocycles. The van der Waals surface area contributed by atoms with Crippen molar-refractivity contribution in [2.24, 2.45) is 0 Å². The molecule has 1 saturated heterocycles.